The van der Waals surface area contributed by atoms with Crippen molar-refractivity contribution in [3.8, 4) is 11.5 Å². The number of nitrogens with one attached hydrogen (secondary N) is 1. The lowest BCUT2D eigenvalue weighted by Crippen LogP contribution is -2.47. The predicted molar refractivity (Wildman–Crippen MR) is 165 cm³/mol. The number of piperidine rings is 1. The number of amides is 2. The Kier molecular flexibility index (Phi) is 12.8. The maximum absolute atomic E-state index is 12.7. The molecule has 3 aromatic rings. The van der Waals surface area contributed by atoms with Crippen molar-refractivity contribution >= 4 is 12.0 Å². The largest absolute Gasteiger partial charge is 0.496 e. The number of carbonyl (C=O) groups is 2. The minimum Gasteiger partial charge on any atom is -0.496 e. The number of aliphatic hydroxyl groups is 1. The molecule has 44 heavy (non-hydrogen) atoms. The van der Waals surface area contributed by atoms with Gasteiger partial charge in [0.25, 0.3) is 0 Å². The van der Waals surface area contributed by atoms with Crippen LogP contribution in [-0.2, 0) is 33.8 Å². The van der Waals surface area contributed by atoms with E-state index in [9.17, 15) is 19.8 Å². The maximum atomic E-state index is 12.7. The molecule has 0 radical (unpaired) electrons. The topological polar surface area (TPSA) is 127 Å². The number of carbonyl (C=O) groups excluding carboxylic acids is 1. The third kappa shape index (κ3) is 9.70. The van der Waals surface area contributed by atoms with Gasteiger partial charge in [-0.1, -0.05) is 54.6 Å². The molecular weight excluding hydrogens is 564 g/mol. The lowest BCUT2D eigenvalue weighted by atomic mass is 9.87. The molecule has 10 nitrogen and oxygen atoms in total. The first-order valence-electron chi connectivity index (χ1n) is 14.9. The fraction of sp³-hybridized carbons (Fsp3) is 0.412. The molecule has 10 heteroatoms. The van der Waals surface area contributed by atoms with Gasteiger partial charge in [0, 0.05) is 37.6 Å². The summed E-state index contributed by atoms with van der Waals surface area (Å²) in [6.45, 7) is 2.28. The van der Waals surface area contributed by atoms with Gasteiger partial charge in [-0.25, -0.2) is 4.79 Å². The maximum Gasteiger partial charge on any atom is 0.407 e. The number of rotatable bonds is 16. The Morgan fingerprint density at radius 2 is 1.68 bits per heavy atom. The van der Waals surface area contributed by atoms with E-state index in [2.05, 4.69) is 5.32 Å². The van der Waals surface area contributed by atoms with E-state index in [0.29, 0.717) is 45.8 Å². The molecule has 1 heterocycles. The van der Waals surface area contributed by atoms with Crippen LogP contribution in [0.3, 0.4) is 0 Å². The number of methoxy groups -OCH3 is 1. The van der Waals surface area contributed by atoms with Gasteiger partial charge in [0.2, 0.25) is 5.91 Å². The Labute approximate surface area is 258 Å². The Bertz CT molecular complexity index is 1330. The van der Waals surface area contributed by atoms with Gasteiger partial charge in [-0.05, 0) is 47.7 Å². The average Bonchev–Trinajstić information content (AvgIpc) is 3.05. The number of benzene rings is 3. The number of hydrogen-bond acceptors (Lipinski definition) is 7. The molecule has 2 unspecified atom stereocenters. The molecular formula is C34H42N2O8. The van der Waals surface area contributed by atoms with E-state index >= 15 is 0 Å². The Morgan fingerprint density at radius 3 is 2.41 bits per heavy atom. The summed E-state index contributed by atoms with van der Waals surface area (Å²) in [7, 11) is 1.65. The molecule has 1 aliphatic rings. The van der Waals surface area contributed by atoms with Crippen LogP contribution in [0.2, 0.25) is 0 Å². The fourth-order valence-corrected chi connectivity index (χ4v) is 5.33. The summed E-state index contributed by atoms with van der Waals surface area (Å²) in [6, 6.07) is 23.2. The smallest absolute Gasteiger partial charge is 0.407 e. The number of likely N-dealkylation sites (tertiary alicyclic amines) is 1. The molecule has 0 saturated carbocycles. The van der Waals surface area contributed by atoms with Crippen molar-refractivity contribution in [1.82, 2.24) is 10.2 Å². The van der Waals surface area contributed by atoms with E-state index in [1.165, 1.54) is 4.90 Å². The second kappa shape index (κ2) is 17.2. The van der Waals surface area contributed by atoms with Crippen LogP contribution in [0.1, 0.15) is 41.0 Å². The molecule has 1 saturated heterocycles. The van der Waals surface area contributed by atoms with E-state index in [-0.39, 0.29) is 31.6 Å². The SMILES string of the molecule is COc1ccccc1COCCCOc1ccc(C2CCN(C(=O)O)CC2OCC(=O)NCc2ccccc2CCO)cc1. The zero-order chi connectivity index (χ0) is 31.1. The molecule has 3 N–H and O–H groups in total. The van der Waals surface area contributed by atoms with E-state index in [1.807, 2.05) is 72.8 Å². The van der Waals surface area contributed by atoms with Gasteiger partial charge in [-0.3, -0.25) is 4.79 Å². The predicted octanol–water partition coefficient (Wildman–Crippen LogP) is 4.38. The van der Waals surface area contributed by atoms with E-state index in [1.54, 1.807) is 7.11 Å². The molecule has 4 rings (SSSR count). The molecule has 0 aliphatic carbocycles. The summed E-state index contributed by atoms with van der Waals surface area (Å²) < 4.78 is 23.0. The van der Waals surface area contributed by atoms with Crippen molar-refractivity contribution in [3.63, 3.8) is 0 Å². The highest BCUT2D eigenvalue weighted by Gasteiger charge is 2.33. The summed E-state index contributed by atoms with van der Waals surface area (Å²) in [6.07, 6.45) is 0.351. The standard InChI is InChI=1S/C34H42N2O8/c1-41-31-10-5-4-9-28(31)23-42-19-6-20-43-29-13-11-26(12-14-29)30-15-17-36(34(39)40)22-32(30)44-24-33(38)35-21-27-8-3-2-7-25(27)16-18-37/h2-5,7-14,30,32,37H,6,15-24H2,1H3,(H,35,38)(H,39,40). The summed E-state index contributed by atoms with van der Waals surface area (Å²) in [5, 5.41) is 21.7. The molecule has 236 valence electrons. The minimum absolute atomic E-state index is 0.0325. The fourth-order valence-electron chi connectivity index (χ4n) is 5.33. The molecule has 3 aromatic carbocycles. The lowest BCUT2D eigenvalue weighted by molar-refractivity contribution is -0.129. The highest BCUT2D eigenvalue weighted by molar-refractivity contribution is 5.77. The zero-order valence-corrected chi connectivity index (χ0v) is 25.2. The highest BCUT2D eigenvalue weighted by Crippen LogP contribution is 2.32. The van der Waals surface area contributed by atoms with Gasteiger partial charge in [0.1, 0.15) is 18.1 Å². The number of ether oxygens (including phenoxy) is 4. The highest BCUT2D eigenvalue weighted by atomic mass is 16.5. The molecule has 1 fully saturated rings. The van der Waals surface area contributed by atoms with Crippen molar-refractivity contribution < 1.29 is 38.7 Å². The Balaban J connectivity index is 1.25. The summed E-state index contributed by atoms with van der Waals surface area (Å²) in [5.74, 6) is 1.19. The Hall–Kier alpha value is -4.12. The minimum atomic E-state index is -1.00. The third-order valence-corrected chi connectivity index (χ3v) is 7.69. The normalized spacial score (nSPS) is 16.4. The number of carboxylic acid groups (broad SMARTS) is 1. The van der Waals surface area contributed by atoms with E-state index in [4.69, 9.17) is 18.9 Å². The third-order valence-electron chi connectivity index (χ3n) is 7.69. The number of para-hydroxylation sites is 1. The summed E-state index contributed by atoms with van der Waals surface area (Å²) in [5.41, 5.74) is 3.92. The van der Waals surface area contributed by atoms with Crippen LogP contribution in [0.15, 0.2) is 72.8 Å². The van der Waals surface area contributed by atoms with Gasteiger partial charge in [-0.15, -0.1) is 0 Å². The first-order valence-corrected chi connectivity index (χ1v) is 14.9. The van der Waals surface area contributed by atoms with Crippen molar-refractivity contribution in [1.29, 1.82) is 0 Å². The van der Waals surface area contributed by atoms with Gasteiger partial charge < -0.3 is 39.4 Å². The van der Waals surface area contributed by atoms with Crippen LogP contribution < -0.4 is 14.8 Å². The van der Waals surface area contributed by atoms with Crippen LogP contribution in [0.4, 0.5) is 4.79 Å². The van der Waals surface area contributed by atoms with Gasteiger partial charge >= 0.3 is 6.09 Å². The first-order chi connectivity index (χ1) is 21.5. The van der Waals surface area contributed by atoms with Crippen molar-refractivity contribution in [2.24, 2.45) is 0 Å². The second-order valence-corrected chi connectivity index (χ2v) is 10.6. The summed E-state index contributed by atoms with van der Waals surface area (Å²) >= 11 is 0. The van der Waals surface area contributed by atoms with Gasteiger partial charge in [0.15, 0.2) is 0 Å². The van der Waals surface area contributed by atoms with Gasteiger partial charge in [0.05, 0.1) is 39.6 Å². The van der Waals surface area contributed by atoms with Crippen LogP contribution in [0.5, 0.6) is 11.5 Å². The molecule has 1 aliphatic heterocycles. The monoisotopic (exact) mass is 606 g/mol. The van der Waals surface area contributed by atoms with Crippen LogP contribution in [0.25, 0.3) is 0 Å². The van der Waals surface area contributed by atoms with E-state index in [0.717, 1.165) is 40.2 Å². The van der Waals surface area contributed by atoms with Crippen LogP contribution >= 0.6 is 0 Å². The molecule has 0 aromatic heterocycles. The molecule has 0 bridgehead atoms. The van der Waals surface area contributed by atoms with Crippen molar-refractivity contribution in [3.05, 3.63) is 95.1 Å². The zero-order valence-electron chi connectivity index (χ0n) is 25.2. The van der Waals surface area contributed by atoms with Crippen molar-refractivity contribution in [2.45, 2.75) is 44.4 Å². The number of nitrogens with zero attached hydrogens (tertiary/aromatic N) is 1. The summed E-state index contributed by atoms with van der Waals surface area (Å²) in [4.78, 5) is 25.7. The quantitative estimate of drug-likeness (QED) is 0.205. The van der Waals surface area contributed by atoms with Crippen LogP contribution in [0, 0.1) is 0 Å². The first kappa shape index (κ1) is 32.8. The average molecular weight is 607 g/mol. The molecule has 2 amide bonds. The lowest BCUT2D eigenvalue weighted by Gasteiger charge is -2.37. The number of aliphatic hydroxyl groups excluding tert-OH is 1. The van der Waals surface area contributed by atoms with Crippen LogP contribution in [-0.4, -0.2) is 79.8 Å². The molecule has 2 atom stereocenters. The van der Waals surface area contributed by atoms with E-state index < -0.39 is 12.2 Å². The second-order valence-electron chi connectivity index (χ2n) is 10.6. The van der Waals surface area contributed by atoms with Crippen molar-refractivity contribution in [2.75, 3.05) is 46.6 Å². The Morgan fingerprint density at radius 1 is 0.955 bits per heavy atom. The molecule has 0 spiro atoms. The van der Waals surface area contributed by atoms with Gasteiger partial charge in [-0.2, -0.15) is 0 Å². The number of hydrogen-bond donors (Lipinski definition) is 3.